The highest BCUT2D eigenvalue weighted by Crippen LogP contribution is 2.49. The summed E-state index contributed by atoms with van der Waals surface area (Å²) in [5, 5.41) is 29.3. The SMILES string of the molecule is COc1cc2cc(c1Cl)N(C)C(=O)C[C@H](OC(=O)Nc1ccc(NC(=O)[C@H](CCCNC(N)=O)NC(=O)[C@@H](NC(=O)CCCCCOC(C=O)(CBr)CBr)C(C)C)c3ncccc13)[C@]1(C)O[C@H]1[C@H](C)[C@@H]1C[C@@](O)(NC(=O)O1)[C@H](OC)/C=C/C=C(\C)C2. The number of aliphatic hydroxyl groups is 1. The lowest BCUT2D eigenvalue weighted by Crippen LogP contribution is -2.63. The van der Waals surface area contributed by atoms with E-state index >= 15 is 0 Å². The van der Waals surface area contributed by atoms with E-state index in [1.807, 2.05) is 13.0 Å². The molecule has 6 rings (SSSR count). The fourth-order valence-corrected chi connectivity index (χ4v) is 12.2. The molecule has 4 bridgehead atoms. The number of benzene rings is 2. The van der Waals surface area contributed by atoms with Crippen molar-refractivity contribution in [2.24, 2.45) is 17.6 Å². The second-order valence-corrected chi connectivity index (χ2v) is 23.8. The molecule has 3 aliphatic heterocycles. The molecule has 24 nitrogen and oxygen atoms in total. The number of urea groups is 1. The lowest BCUT2D eigenvalue weighted by molar-refractivity contribution is -0.142. The molecule has 2 aromatic carbocycles. The molecule has 0 unspecified atom stereocenters. The molecule has 4 heterocycles. The molecule has 0 spiro atoms. The summed E-state index contributed by atoms with van der Waals surface area (Å²) in [6, 6.07) is 6.80. The van der Waals surface area contributed by atoms with Gasteiger partial charge in [-0.1, -0.05) is 94.5 Å². The van der Waals surface area contributed by atoms with Gasteiger partial charge in [-0.15, -0.1) is 0 Å². The standard InChI is InChI=1S/C59H78Br2ClN9O15/c1-33(2)49(69-46(73)19-10-9-11-24-83-58(30-60,31-61)32-72)53(76)67-40(17-14-23-65-54(63)77)52(75)66-39-21-20-38(37-16-13-22-64-50(37)39)68-55(78)85-45-28-47(74)71(6)41-26-36(27-42(81-7)48(41)62)25-34(3)15-12-18-44(82-8)59(80)29-43(84-56(79)70-59)35(4)51-57(45,5)86-51/h12-13,15-16,18,20-22,26-27,32-33,35,40,43-45,49,51,80H,9-11,14,17,19,23-25,28-31H2,1-8H3,(H,66,75)(H,67,76)(H,68,78)(H,69,73)(H,70,79)(H3,63,65,77)/b18-12+,34-15+/t35-,40+,43+,44-,45+,49+,51+,57+,59+/m1/s1. The third-order valence-corrected chi connectivity index (χ3v) is 17.7. The largest absolute Gasteiger partial charge is 0.495 e. The van der Waals surface area contributed by atoms with E-state index in [4.69, 9.17) is 45.8 Å². The average Bonchev–Trinajstić information content (AvgIpc) is 2.42. The minimum absolute atomic E-state index is 0.0365. The normalized spacial score (nSPS) is 24.1. The molecule has 0 saturated carbocycles. The van der Waals surface area contributed by atoms with Crippen LogP contribution in [0.2, 0.25) is 5.02 Å². The van der Waals surface area contributed by atoms with Crippen molar-refractivity contribution in [3.8, 4) is 5.75 Å². The number of anilines is 3. The van der Waals surface area contributed by atoms with Crippen LogP contribution >= 0.6 is 43.5 Å². The molecule has 3 aliphatic rings. The molecule has 2 fully saturated rings. The summed E-state index contributed by atoms with van der Waals surface area (Å²) in [5.41, 5.74) is 3.62. The van der Waals surface area contributed by atoms with Crippen molar-refractivity contribution >= 4 is 120 Å². The number of allylic oxidation sites excluding steroid dienone is 3. The lowest BCUT2D eigenvalue weighted by Gasteiger charge is -2.42. The van der Waals surface area contributed by atoms with E-state index in [9.17, 15) is 43.5 Å². The molecule has 27 heteroatoms. The number of hydrogen-bond acceptors (Lipinski definition) is 16. The zero-order chi connectivity index (χ0) is 63.1. The first-order valence-corrected chi connectivity index (χ1v) is 30.9. The van der Waals surface area contributed by atoms with Crippen molar-refractivity contribution in [3.05, 3.63) is 77.0 Å². The van der Waals surface area contributed by atoms with Crippen molar-refractivity contribution < 1.29 is 71.9 Å². The van der Waals surface area contributed by atoms with Crippen LogP contribution in [0.15, 0.2) is 66.4 Å². The molecule has 0 radical (unpaired) electrons. The number of alkyl carbamates (subject to hydrolysis) is 1. The number of nitrogens with zero attached hydrogens (tertiary/aromatic N) is 2. The predicted molar refractivity (Wildman–Crippen MR) is 329 cm³/mol. The molecule has 2 saturated heterocycles. The van der Waals surface area contributed by atoms with Gasteiger partial charge in [0.1, 0.15) is 52.4 Å². The van der Waals surface area contributed by atoms with E-state index in [0.717, 1.165) is 17.4 Å². The molecular formula is C59H78Br2ClN9O15. The lowest BCUT2D eigenvalue weighted by atomic mass is 9.83. The fraction of sp³-hybridized carbons (Fsp3) is 0.542. The van der Waals surface area contributed by atoms with Gasteiger partial charge < -0.3 is 70.2 Å². The van der Waals surface area contributed by atoms with Gasteiger partial charge in [0.25, 0.3) is 0 Å². The topological polar surface area (TPSA) is 330 Å². The number of pyridine rings is 1. The van der Waals surface area contributed by atoms with Gasteiger partial charge in [-0.05, 0) is 93.8 Å². The number of carbonyl (C=O) groups excluding carboxylic acids is 8. The molecule has 3 aromatic rings. The second kappa shape index (κ2) is 31.0. The number of amides is 8. The van der Waals surface area contributed by atoms with E-state index in [2.05, 4.69) is 68.7 Å². The van der Waals surface area contributed by atoms with E-state index in [1.165, 1.54) is 44.5 Å². The molecule has 86 heavy (non-hydrogen) atoms. The molecular weight excluding hydrogens is 1270 g/mol. The molecule has 9 atom stereocenters. The number of ether oxygens (including phenoxy) is 6. The van der Waals surface area contributed by atoms with E-state index in [1.54, 1.807) is 64.1 Å². The van der Waals surface area contributed by atoms with Crippen molar-refractivity contribution in [2.45, 2.75) is 146 Å². The Morgan fingerprint density at radius 3 is 2.44 bits per heavy atom. The van der Waals surface area contributed by atoms with Gasteiger partial charge in [-0.3, -0.25) is 34.8 Å². The maximum atomic E-state index is 14.6. The van der Waals surface area contributed by atoms with E-state index < -0.39 is 108 Å². The zero-order valence-electron chi connectivity index (χ0n) is 49.4. The van der Waals surface area contributed by atoms with Gasteiger partial charge in [0, 0.05) is 68.3 Å². The third-order valence-electron chi connectivity index (χ3n) is 15.4. The Morgan fingerprint density at radius 1 is 1.03 bits per heavy atom. The number of rotatable bonds is 24. The Hall–Kier alpha value is -6.42. The number of alkyl halides is 2. The van der Waals surface area contributed by atoms with Crippen LogP contribution in [0.3, 0.4) is 0 Å². The Balaban J connectivity index is 1.22. The Kier molecular flexibility index (Phi) is 24.7. The van der Waals surface area contributed by atoms with E-state index in [-0.39, 0.29) is 60.0 Å². The van der Waals surface area contributed by atoms with Crippen LogP contribution < -0.4 is 47.3 Å². The van der Waals surface area contributed by atoms with Crippen LogP contribution in [0.25, 0.3) is 10.9 Å². The van der Waals surface area contributed by atoms with Crippen LogP contribution in [0.4, 0.5) is 31.4 Å². The number of halogens is 3. The maximum absolute atomic E-state index is 14.6. The number of fused-ring (bicyclic) bond motifs is 6. The number of primary amides is 1. The van der Waals surface area contributed by atoms with Gasteiger partial charge >= 0.3 is 18.2 Å². The number of aromatic nitrogens is 1. The highest BCUT2D eigenvalue weighted by molar-refractivity contribution is 9.10. The van der Waals surface area contributed by atoms with Gasteiger partial charge in [0.05, 0.1) is 42.2 Å². The summed E-state index contributed by atoms with van der Waals surface area (Å²) in [4.78, 5) is 112. The third kappa shape index (κ3) is 17.6. The Labute approximate surface area is 521 Å². The van der Waals surface area contributed by atoms with Crippen LogP contribution in [0.1, 0.15) is 91.5 Å². The minimum atomic E-state index is -1.91. The molecule has 0 aliphatic carbocycles. The average molecular weight is 1350 g/mol. The Morgan fingerprint density at radius 2 is 1.77 bits per heavy atom. The monoisotopic (exact) mass is 1350 g/mol. The van der Waals surface area contributed by atoms with Crippen molar-refractivity contribution in [1.29, 1.82) is 0 Å². The summed E-state index contributed by atoms with van der Waals surface area (Å²) < 4.78 is 35.4. The van der Waals surface area contributed by atoms with E-state index in [0.29, 0.717) is 59.8 Å². The number of carbonyl (C=O) groups is 8. The van der Waals surface area contributed by atoms with Crippen molar-refractivity contribution in [1.82, 2.24) is 26.3 Å². The Bertz CT molecular complexity index is 3020. The van der Waals surface area contributed by atoms with Gasteiger partial charge in [-0.25, -0.2) is 14.4 Å². The number of aldehydes is 1. The summed E-state index contributed by atoms with van der Waals surface area (Å²) in [6.45, 7) is 9.23. The highest BCUT2D eigenvalue weighted by Gasteiger charge is 2.64. The summed E-state index contributed by atoms with van der Waals surface area (Å²) in [5.74, 6) is -2.88. The molecule has 9 N–H and O–H groups in total. The quantitative estimate of drug-likeness (QED) is 0.0190. The number of nitrogens with one attached hydrogen (secondary N) is 6. The first-order valence-electron chi connectivity index (χ1n) is 28.2. The predicted octanol–water partition coefficient (Wildman–Crippen LogP) is 7.24. The van der Waals surface area contributed by atoms with Crippen LogP contribution in [-0.2, 0) is 54.1 Å². The molecule has 470 valence electrons. The number of epoxide rings is 1. The van der Waals surface area contributed by atoms with Crippen molar-refractivity contribution in [2.75, 3.05) is 60.6 Å². The number of hydrogen-bond donors (Lipinski definition) is 8. The summed E-state index contributed by atoms with van der Waals surface area (Å²) in [6.07, 6.45) is 3.41. The minimum Gasteiger partial charge on any atom is -0.495 e. The maximum Gasteiger partial charge on any atom is 0.412 e. The fourth-order valence-electron chi connectivity index (χ4n) is 10.4. The highest BCUT2D eigenvalue weighted by atomic mass is 79.9. The summed E-state index contributed by atoms with van der Waals surface area (Å²) >= 11 is 13.5. The number of methoxy groups -OCH3 is 2. The van der Waals surface area contributed by atoms with Gasteiger partial charge in [0.2, 0.25) is 23.6 Å². The van der Waals surface area contributed by atoms with Gasteiger partial charge in [-0.2, -0.15) is 0 Å². The van der Waals surface area contributed by atoms with Gasteiger partial charge in [0.15, 0.2) is 12.0 Å². The van der Waals surface area contributed by atoms with Crippen LogP contribution in [0, 0.1) is 11.8 Å². The zero-order valence-corrected chi connectivity index (χ0v) is 53.4. The molecule has 1 aromatic heterocycles. The van der Waals surface area contributed by atoms with Crippen molar-refractivity contribution in [3.63, 3.8) is 0 Å². The number of unbranched alkanes of at least 4 members (excludes halogenated alkanes) is 2. The first-order chi connectivity index (χ1) is 40.8. The first kappa shape index (κ1) is 68.7. The smallest absolute Gasteiger partial charge is 0.412 e. The van der Waals surface area contributed by atoms with Crippen LogP contribution in [-0.4, -0.2) is 157 Å². The number of nitrogens with two attached hydrogens (primary N) is 1. The molecule has 8 amide bonds. The van der Waals surface area contributed by atoms with Crippen LogP contribution in [0.5, 0.6) is 5.75 Å². The summed E-state index contributed by atoms with van der Waals surface area (Å²) in [7, 11) is 4.40. The second-order valence-electron chi connectivity index (χ2n) is 22.3.